The third-order valence-corrected chi connectivity index (χ3v) is 4.76. The minimum atomic E-state index is -0.268. The third kappa shape index (κ3) is 3.92. The highest BCUT2D eigenvalue weighted by Gasteiger charge is 2.33. The van der Waals surface area contributed by atoms with Crippen molar-refractivity contribution in [2.45, 2.75) is 25.9 Å². The van der Waals surface area contributed by atoms with Crippen LogP contribution in [-0.4, -0.2) is 45.3 Å². The minimum Gasteiger partial charge on any atom is -0.470 e. The Morgan fingerprint density at radius 2 is 2.23 bits per heavy atom. The second-order valence-corrected chi connectivity index (χ2v) is 7.05. The van der Waals surface area contributed by atoms with Crippen LogP contribution in [0.5, 0.6) is 0 Å². The number of hydrogen-bond donors (Lipinski definition) is 1. The van der Waals surface area contributed by atoms with Crippen LogP contribution in [-0.2, 0) is 20.9 Å². The summed E-state index contributed by atoms with van der Waals surface area (Å²) in [7, 11) is 1.45. The molecule has 1 atom stereocenters. The van der Waals surface area contributed by atoms with Gasteiger partial charge in [-0.25, -0.2) is 0 Å². The first-order chi connectivity index (χ1) is 14.6. The number of pyridine rings is 1. The fourth-order valence-corrected chi connectivity index (χ4v) is 3.29. The second-order valence-electron chi connectivity index (χ2n) is 7.05. The summed E-state index contributed by atoms with van der Waals surface area (Å²) in [6.07, 6.45) is 9.80. The van der Waals surface area contributed by atoms with Gasteiger partial charge in [0.05, 0.1) is 17.3 Å². The van der Waals surface area contributed by atoms with Gasteiger partial charge in [-0.1, -0.05) is 24.3 Å². The molecule has 0 radical (unpaired) electrons. The summed E-state index contributed by atoms with van der Waals surface area (Å²) in [5.41, 5.74) is 9.07. The van der Waals surface area contributed by atoms with Crippen molar-refractivity contribution in [1.82, 2.24) is 19.9 Å². The quantitative estimate of drug-likeness (QED) is 0.728. The Kier molecular flexibility index (Phi) is 5.53. The van der Waals surface area contributed by atoms with Gasteiger partial charge in [-0.3, -0.25) is 9.78 Å². The Bertz CT molecular complexity index is 1080. The van der Waals surface area contributed by atoms with E-state index in [1.54, 1.807) is 10.9 Å². The molecule has 2 aromatic heterocycles. The van der Waals surface area contributed by atoms with Gasteiger partial charge in [-0.05, 0) is 25.0 Å². The Labute approximate surface area is 173 Å². The monoisotopic (exact) mass is 406 g/mol. The van der Waals surface area contributed by atoms with Crippen molar-refractivity contribution in [1.29, 1.82) is 0 Å². The van der Waals surface area contributed by atoms with Gasteiger partial charge < -0.3 is 15.2 Å². The largest absolute Gasteiger partial charge is 0.470 e. The molecule has 1 aliphatic heterocycles. The zero-order valence-electron chi connectivity index (χ0n) is 16.8. The van der Waals surface area contributed by atoms with Crippen LogP contribution in [0.2, 0.25) is 0 Å². The smallest absolute Gasteiger partial charge is 0.236 e. The number of nitrogens with two attached hydrogens (primary N) is 1. The normalized spacial score (nSPS) is 17.7. The zero-order valence-corrected chi connectivity index (χ0v) is 16.8. The first-order valence-electron chi connectivity index (χ1n) is 9.52. The summed E-state index contributed by atoms with van der Waals surface area (Å²) >= 11 is 0. The summed E-state index contributed by atoms with van der Waals surface area (Å²) < 4.78 is 12.4. The van der Waals surface area contributed by atoms with Crippen molar-refractivity contribution in [2.75, 3.05) is 13.7 Å². The highest BCUT2D eigenvalue weighted by Crippen LogP contribution is 2.35. The van der Waals surface area contributed by atoms with Crippen LogP contribution >= 0.6 is 0 Å². The molecule has 0 bridgehead atoms. The molecule has 4 rings (SSSR count). The van der Waals surface area contributed by atoms with Gasteiger partial charge in [0.25, 0.3) is 0 Å². The number of ether oxygens (including phenoxy) is 2. The minimum absolute atomic E-state index is 0.0581. The van der Waals surface area contributed by atoms with E-state index >= 15 is 0 Å². The Morgan fingerprint density at radius 3 is 3.00 bits per heavy atom. The number of carbonyl (C=O) groups is 1. The topological polar surface area (TPSA) is 118 Å². The van der Waals surface area contributed by atoms with Crippen LogP contribution in [0.4, 0.5) is 0 Å². The van der Waals surface area contributed by atoms with E-state index in [4.69, 9.17) is 15.2 Å². The van der Waals surface area contributed by atoms with Gasteiger partial charge in [0.15, 0.2) is 11.6 Å². The number of rotatable bonds is 6. The third-order valence-electron chi connectivity index (χ3n) is 4.76. The summed E-state index contributed by atoms with van der Waals surface area (Å²) in [5, 5.41) is 13.0. The molecule has 154 valence electrons. The standard InChI is InChI=1S/C21H22N6O3/c1-13-7-8-14(23-10-13)11-30-21-17-6-4-3-5-16(17)19-24-25-20(27(19)26-21)18(22)9-15(28)12-29-2/h3-4,6-10,16H,5,11-12,22H2,1-2H3. The Morgan fingerprint density at radius 1 is 1.37 bits per heavy atom. The number of nitrogens with zero attached hydrogens (tertiary/aromatic N) is 5. The van der Waals surface area contributed by atoms with Gasteiger partial charge in [0.1, 0.15) is 13.2 Å². The lowest BCUT2D eigenvalue weighted by Crippen LogP contribution is -2.26. The number of aryl methyl sites for hydroxylation is 1. The molecule has 1 aliphatic carbocycles. The number of hydrogen-bond acceptors (Lipinski definition) is 8. The predicted molar refractivity (Wildman–Crippen MR) is 110 cm³/mol. The zero-order chi connectivity index (χ0) is 21.1. The molecule has 0 fully saturated rings. The number of carbonyl (C=O) groups excluding carboxylic acids is 1. The maximum Gasteiger partial charge on any atom is 0.236 e. The molecule has 2 N–H and O–H groups in total. The molecule has 0 saturated carbocycles. The van der Waals surface area contributed by atoms with E-state index in [0.717, 1.165) is 23.3 Å². The van der Waals surface area contributed by atoms with Crippen molar-refractivity contribution in [3.63, 3.8) is 0 Å². The first-order valence-corrected chi connectivity index (χ1v) is 9.52. The van der Waals surface area contributed by atoms with Crippen LogP contribution < -0.4 is 5.73 Å². The number of allylic oxidation sites excluding steroid dienone is 3. The molecule has 9 nitrogen and oxygen atoms in total. The average molecular weight is 406 g/mol. The molecule has 9 heteroatoms. The summed E-state index contributed by atoms with van der Waals surface area (Å²) in [6, 6.07) is 3.90. The van der Waals surface area contributed by atoms with E-state index < -0.39 is 0 Å². The average Bonchev–Trinajstić information content (AvgIpc) is 3.17. The van der Waals surface area contributed by atoms with Crippen molar-refractivity contribution >= 4 is 17.4 Å². The fourth-order valence-electron chi connectivity index (χ4n) is 3.29. The fraction of sp³-hybridized carbons (Fsp3) is 0.286. The van der Waals surface area contributed by atoms with Crippen molar-refractivity contribution in [3.8, 4) is 0 Å². The van der Waals surface area contributed by atoms with Crippen molar-refractivity contribution < 1.29 is 14.3 Å². The van der Waals surface area contributed by atoms with Crippen LogP contribution in [0.25, 0.3) is 5.70 Å². The summed E-state index contributed by atoms with van der Waals surface area (Å²) in [4.78, 5) is 16.2. The molecule has 2 aromatic rings. The molecule has 2 aliphatic rings. The molecular formula is C21H22N6O3. The Balaban J connectivity index is 1.66. The number of fused-ring (bicyclic) bond motifs is 3. The van der Waals surface area contributed by atoms with Crippen LogP contribution in [0.3, 0.4) is 0 Å². The van der Waals surface area contributed by atoms with Crippen molar-refractivity contribution in [2.24, 2.45) is 10.8 Å². The molecule has 0 saturated heterocycles. The summed E-state index contributed by atoms with van der Waals surface area (Å²) in [5.74, 6) is 1.07. The maximum atomic E-state index is 11.9. The SMILES string of the molecule is COCC(=O)C=C(N)c1nnc2n1N=C(OCc1ccc(C)cn1)C1=CC=CCC12. The number of aromatic nitrogens is 4. The molecule has 0 spiro atoms. The Hall–Kier alpha value is -3.59. The van der Waals surface area contributed by atoms with Crippen LogP contribution in [0, 0.1) is 6.92 Å². The van der Waals surface area contributed by atoms with E-state index in [1.807, 2.05) is 31.2 Å². The van der Waals surface area contributed by atoms with E-state index in [1.165, 1.54) is 13.2 Å². The highest BCUT2D eigenvalue weighted by atomic mass is 16.5. The van der Waals surface area contributed by atoms with Gasteiger partial charge in [0.2, 0.25) is 11.7 Å². The summed E-state index contributed by atoms with van der Waals surface area (Å²) in [6.45, 7) is 2.19. The molecule has 0 amide bonds. The second kappa shape index (κ2) is 8.42. The van der Waals surface area contributed by atoms with Crippen molar-refractivity contribution in [3.05, 3.63) is 71.1 Å². The lowest BCUT2D eigenvalue weighted by molar-refractivity contribution is -0.117. The number of methoxy groups -OCH3 is 1. The highest BCUT2D eigenvalue weighted by molar-refractivity contribution is 5.98. The molecule has 1 unspecified atom stereocenters. The van der Waals surface area contributed by atoms with Crippen LogP contribution in [0.15, 0.2) is 53.3 Å². The van der Waals surface area contributed by atoms with Gasteiger partial charge in [0, 0.05) is 25.0 Å². The molecule has 30 heavy (non-hydrogen) atoms. The molecule has 3 heterocycles. The molecular weight excluding hydrogens is 384 g/mol. The van der Waals surface area contributed by atoms with Gasteiger partial charge in [-0.2, -0.15) is 4.68 Å². The first kappa shape index (κ1) is 19.7. The number of ketones is 1. The van der Waals surface area contributed by atoms with E-state index in [2.05, 4.69) is 26.4 Å². The maximum absolute atomic E-state index is 11.9. The lowest BCUT2D eigenvalue weighted by Gasteiger charge is -2.26. The van der Waals surface area contributed by atoms with E-state index in [9.17, 15) is 4.79 Å². The molecule has 0 aromatic carbocycles. The van der Waals surface area contributed by atoms with Gasteiger partial charge in [-0.15, -0.1) is 15.3 Å². The van der Waals surface area contributed by atoms with Gasteiger partial charge >= 0.3 is 0 Å². The predicted octanol–water partition coefficient (Wildman–Crippen LogP) is 1.86. The van der Waals surface area contributed by atoms with E-state index in [-0.39, 0.29) is 36.4 Å². The lowest BCUT2D eigenvalue weighted by atomic mass is 9.90. The van der Waals surface area contributed by atoms with E-state index in [0.29, 0.717) is 11.7 Å². The van der Waals surface area contributed by atoms with Crippen LogP contribution in [0.1, 0.15) is 35.2 Å².